The average Bonchev–Trinajstić information content (AvgIpc) is 2.25. The molecule has 0 fully saturated rings. The second-order valence-corrected chi connectivity index (χ2v) is 3.27. The molecule has 0 bridgehead atoms. The summed E-state index contributed by atoms with van der Waals surface area (Å²) < 4.78 is 43.6. The van der Waals surface area contributed by atoms with Crippen LogP contribution in [-0.2, 0) is 15.1 Å². The lowest BCUT2D eigenvalue weighted by atomic mass is 9.95. The maximum atomic E-state index is 13.3. The van der Waals surface area contributed by atoms with Crippen LogP contribution in [0.3, 0.4) is 0 Å². The van der Waals surface area contributed by atoms with E-state index in [1.807, 2.05) is 0 Å². The molecular formula is C10H9F3O3. The summed E-state index contributed by atoms with van der Waals surface area (Å²) in [6, 6.07) is 1.49. The molecule has 1 aromatic carbocycles. The molecule has 1 rings (SSSR count). The maximum absolute atomic E-state index is 13.3. The Kier molecular flexibility index (Phi) is 3.23. The molecule has 0 heterocycles. The van der Waals surface area contributed by atoms with Gasteiger partial charge in [-0.2, -0.15) is 0 Å². The predicted octanol–water partition coefficient (Wildman–Crippen LogP) is 2.05. The van der Waals surface area contributed by atoms with Gasteiger partial charge in [0, 0.05) is 12.7 Å². The molecule has 1 aromatic rings. The zero-order valence-corrected chi connectivity index (χ0v) is 8.55. The van der Waals surface area contributed by atoms with Crippen LogP contribution in [0.2, 0.25) is 0 Å². The van der Waals surface area contributed by atoms with Crippen molar-refractivity contribution in [2.75, 3.05) is 7.11 Å². The number of carboxylic acid groups (broad SMARTS) is 1. The third-order valence-electron chi connectivity index (χ3n) is 2.37. The Hall–Kier alpha value is -1.56. The van der Waals surface area contributed by atoms with E-state index in [1.165, 1.54) is 0 Å². The van der Waals surface area contributed by atoms with Crippen LogP contribution in [0.5, 0.6) is 0 Å². The van der Waals surface area contributed by atoms with Gasteiger partial charge in [-0.25, -0.2) is 18.0 Å². The molecule has 0 saturated carbocycles. The van der Waals surface area contributed by atoms with Crippen molar-refractivity contribution in [3.05, 3.63) is 35.1 Å². The number of halogens is 3. The van der Waals surface area contributed by atoms with Crippen molar-refractivity contribution < 1.29 is 27.8 Å². The lowest BCUT2D eigenvalue weighted by Gasteiger charge is -2.24. The van der Waals surface area contributed by atoms with Crippen LogP contribution in [0.15, 0.2) is 12.1 Å². The minimum atomic E-state index is -2.06. The van der Waals surface area contributed by atoms with E-state index in [4.69, 9.17) is 5.11 Å². The van der Waals surface area contributed by atoms with Crippen LogP contribution < -0.4 is 0 Å². The van der Waals surface area contributed by atoms with Crippen LogP contribution in [0.4, 0.5) is 13.2 Å². The zero-order chi connectivity index (χ0) is 12.5. The SMILES string of the molecule is COC(C)(C(=O)O)c1ccc(F)c(F)c1F. The molecule has 0 aromatic heterocycles. The highest BCUT2D eigenvalue weighted by Gasteiger charge is 2.39. The Labute approximate surface area is 89.5 Å². The molecule has 1 atom stereocenters. The highest BCUT2D eigenvalue weighted by atomic mass is 19.2. The summed E-state index contributed by atoms with van der Waals surface area (Å²) in [6.07, 6.45) is 0. The van der Waals surface area contributed by atoms with E-state index >= 15 is 0 Å². The van der Waals surface area contributed by atoms with Gasteiger partial charge in [-0.05, 0) is 19.1 Å². The van der Waals surface area contributed by atoms with E-state index in [0.717, 1.165) is 20.1 Å². The summed E-state index contributed by atoms with van der Waals surface area (Å²) in [5.74, 6) is -6.17. The summed E-state index contributed by atoms with van der Waals surface area (Å²) in [4.78, 5) is 10.9. The van der Waals surface area contributed by atoms with Gasteiger partial charge < -0.3 is 9.84 Å². The van der Waals surface area contributed by atoms with Crippen LogP contribution in [-0.4, -0.2) is 18.2 Å². The molecule has 88 valence electrons. The molecule has 0 aliphatic heterocycles. The van der Waals surface area contributed by atoms with Crippen molar-refractivity contribution in [2.24, 2.45) is 0 Å². The lowest BCUT2D eigenvalue weighted by Crippen LogP contribution is -2.35. The summed E-state index contributed by atoms with van der Waals surface area (Å²) in [6.45, 7) is 1.05. The van der Waals surface area contributed by atoms with Gasteiger partial charge in [-0.15, -0.1) is 0 Å². The normalized spacial score (nSPS) is 14.6. The first-order valence-electron chi connectivity index (χ1n) is 4.27. The maximum Gasteiger partial charge on any atom is 0.340 e. The molecule has 0 spiro atoms. The van der Waals surface area contributed by atoms with Gasteiger partial charge in [0.15, 0.2) is 23.1 Å². The number of rotatable bonds is 3. The first kappa shape index (κ1) is 12.5. The summed E-state index contributed by atoms with van der Waals surface area (Å²) in [5, 5.41) is 8.86. The number of aliphatic carboxylic acids is 1. The molecule has 3 nitrogen and oxygen atoms in total. The molecule has 1 unspecified atom stereocenters. The predicted molar refractivity (Wildman–Crippen MR) is 48.3 cm³/mol. The Morgan fingerprint density at radius 1 is 1.31 bits per heavy atom. The fourth-order valence-corrected chi connectivity index (χ4v) is 1.21. The number of carboxylic acids is 1. The Morgan fingerprint density at radius 3 is 2.31 bits per heavy atom. The van der Waals surface area contributed by atoms with Crippen molar-refractivity contribution in [3.63, 3.8) is 0 Å². The monoisotopic (exact) mass is 234 g/mol. The van der Waals surface area contributed by atoms with Gasteiger partial charge in [0.05, 0.1) is 0 Å². The van der Waals surface area contributed by atoms with E-state index in [0.29, 0.717) is 6.07 Å². The third-order valence-corrected chi connectivity index (χ3v) is 2.37. The Bertz CT molecular complexity index is 434. The van der Waals surface area contributed by atoms with Gasteiger partial charge >= 0.3 is 5.97 Å². The number of hydrogen-bond donors (Lipinski definition) is 1. The summed E-state index contributed by atoms with van der Waals surface area (Å²) >= 11 is 0. The minimum Gasteiger partial charge on any atom is -0.479 e. The van der Waals surface area contributed by atoms with Gasteiger partial charge in [0.2, 0.25) is 0 Å². The molecule has 16 heavy (non-hydrogen) atoms. The molecule has 1 N–H and O–H groups in total. The smallest absolute Gasteiger partial charge is 0.340 e. The van der Waals surface area contributed by atoms with E-state index < -0.39 is 34.6 Å². The number of hydrogen-bond acceptors (Lipinski definition) is 2. The van der Waals surface area contributed by atoms with Crippen LogP contribution in [0.25, 0.3) is 0 Å². The first-order chi connectivity index (χ1) is 7.34. The number of benzene rings is 1. The Morgan fingerprint density at radius 2 is 1.88 bits per heavy atom. The Balaban J connectivity index is 3.44. The van der Waals surface area contributed by atoms with Crippen molar-refractivity contribution in [1.82, 2.24) is 0 Å². The standard InChI is InChI=1S/C10H9F3O3/c1-10(16-2,9(14)15)5-3-4-6(11)8(13)7(5)12/h3-4H,1-2H3,(H,14,15). The molecule has 0 amide bonds. The fourth-order valence-electron chi connectivity index (χ4n) is 1.21. The van der Waals surface area contributed by atoms with Crippen molar-refractivity contribution in [3.8, 4) is 0 Å². The second kappa shape index (κ2) is 4.13. The largest absolute Gasteiger partial charge is 0.479 e. The molecule has 0 aliphatic carbocycles. The number of carbonyl (C=O) groups is 1. The van der Waals surface area contributed by atoms with Crippen LogP contribution in [0.1, 0.15) is 12.5 Å². The summed E-state index contributed by atoms with van der Waals surface area (Å²) in [7, 11) is 1.04. The first-order valence-corrected chi connectivity index (χ1v) is 4.27. The highest BCUT2D eigenvalue weighted by Crippen LogP contribution is 2.29. The van der Waals surface area contributed by atoms with Gasteiger partial charge in [0.1, 0.15) is 0 Å². The average molecular weight is 234 g/mol. The summed E-state index contributed by atoms with van der Waals surface area (Å²) in [5.41, 5.74) is -2.63. The van der Waals surface area contributed by atoms with Gasteiger partial charge in [-0.3, -0.25) is 0 Å². The van der Waals surface area contributed by atoms with Crippen molar-refractivity contribution >= 4 is 5.97 Å². The van der Waals surface area contributed by atoms with E-state index in [9.17, 15) is 18.0 Å². The fraction of sp³-hybridized carbons (Fsp3) is 0.300. The van der Waals surface area contributed by atoms with Crippen LogP contribution >= 0.6 is 0 Å². The topological polar surface area (TPSA) is 46.5 Å². The minimum absolute atomic E-state index is 0.568. The molecule has 0 saturated heterocycles. The van der Waals surface area contributed by atoms with E-state index in [2.05, 4.69) is 4.74 Å². The van der Waals surface area contributed by atoms with Gasteiger partial charge in [0.25, 0.3) is 0 Å². The number of ether oxygens (including phenoxy) is 1. The molecule has 0 aliphatic rings. The number of methoxy groups -OCH3 is 1. The quantitative estimate of drug-likeness (QED) is 0.814. The third kappa shape index (κ3) is 1.76. The molecular weight excluding hydrogens is 225 g/mol. The van der Waals surface area contributed by atoms with Crippen LogP contribution in [0, 0.1) is 17.5 Å². The zero-order valence-electron chi connectivity index (χ0n) is 8.55. The van der Waals surface area contributed by atoms with Gasteiger partial charge in [-0.1, -0.05) is 0 Å². The van der Waals surface area contributed by atoms with E-state index in [-0.39, 0.29) is 0 Å². The van der Waals surface area contributed by atoms with Crippen molar-refractivity contribution in [2.45, 2.75) is 12.5 Å². The van der Waals surface area contributed by atoms with Crippen molar-refractivity contribution in [1.29, 1.82) is 0 Å². The molecule has 6 heteroatoms. The van der Waals surface area contributed by atoms with E-state index in [1.54, 1.807) is 0 Å². The highest BCUT2D eigenvalue weighted by molar-refractivity contribution is 5.79. The molecule has 0 radical (unpaired) electrons. The second-order valence-electron chi connectivity index (χ2n) is 3.27. The lowest BCUT2D eigenvalue weighted by molar-refractivity contribution is -0.161.